The fraction of sp³-hybridized carbons (Fsp3) is 0.263. The first-order valence-corrected chi connectivity index (χ1v) is 9.44. The molecule has 22 heavy (non-hydrogen) atoms. The quantitative estimate of drug-likeness (QED) is 0.652. The standard InChI is InChI=1S/C19H23O2P/c1-3-11-19(18(20)4-2)22(21,16-12-7-5-8-13-16)17-14-9-6-10-15-17/h3,5-15,18-20H,4H2,1-2H3/b11-3+/t18-,19+/m0/s1. The number of allylic oxidation sites excluding steroid dienone is 1. The average Bonchev–Trinajstić information content (AvgIpc) is 2.60. The Kier molecular flexibility index (Phi) is 5.76. The summed E-state index contributed by atoms with van der Waals surface area (Å²) >= 11 is 0. The molecule has 0 amide bonds. The molecule has 3 heteroatoms. The molecule has 1 N–H and O–H groups in total. The summed E-state index contributed by atoms with van der Waals surface area (Å²) < 4.78 is 14.1. The third-order valence-corrected chi connectivity index (χ3v) is 7.39. The van der Waals surface area contributed by atoms with Gasteiger partial charge in [-0.2, -0.15) is 0 Å². The molecule has 2 atom stereocenters. The van der Waals surface area contributed by atoms with Crippen LogP contribution in [0.4, 0.5) is 0 Å². The van der Waals surface area contributed by atoms with E-state index in [-0.39, 0.29) is 0 Å². The Hall–Kier alpha value is -1.63. The van der Waals surface area contributed by atoms with Gasteiger partial charge in [0.2, 0.25) is 0 Å². The van der Waals surface area contributed by atoms with E-state index >= 15 is 0 Å². The lowest BCUT2D eigenvalue weighted by atomic mass is 10.2. The van der Waals surface area contributed by atoms with Crippen LogP contribution >= 0.6 is 7.14 Å². The highest BCUT2D eigenvalue weighted by Crippen LogP contribution is 2.50. The van der Waals surface area contributed by atoms with Gasteiger partial charge in [-0.3, -0.25) is 0 Å². The highest BCUT2D eigenvalue weighted by atomic mass is 31.2. The van der Waals surface area contributed by atoms with Crippen LogP contribution in [0.3, 0.4) is 0 Å². The van der Waals surface area contributed by atoms with E-state index in [9.17, 15) is 9.67 Å². The van der Waals surface area contributed by atoms with Crippen molar-refractivity contribution in [2.45, 2.75) is 32.0 Å². The van der Waals surface area contributed by atoms with Crippen molar-refractivity contribution in [3.63, 3.8) is 0 Å². The monoisotopic (exact) mass is 314 g/mol. The number of benzene rings is 2. The van der Waals surface area contributed by atoms with Gasteiger partial charge in [-0.25, -0.2) is 0 Å². The largest absolute Gasteiger partial charge is 0.392 e. The molecule has 0 radical (unpaired) electrons. The second kappa shape index (κ2) is 7.58. The summed E-state index contributed by atoms with van der Waals surface area (Å²) in [6.07, 6.45) is 3.69. The maximum Gasteiger partial charge on any atom is 0.152 e. The molecule has 0 aliphatic heterocycles. The zero-order valence-corrected chi connectivity index (χ0v) is 14.0. The average molecular weight is 314 g/mol. The highest BCUT2D eigenvalue weighted by Gasteiger charge is 2.38. The Morgan fingerprint density at radius 3 is 1.82 bits per heavy atom. The van der Waals surface area contributed by atoms with E-state index in [0.717, 1.165) is 10.6 Å². The zero-order valence-electron chi connectivity index (χ0n) is 13.1. The van der Waals surface area contributed by atoms with Crippen LogP contribution in [0, 0.1) is 0 Å². The number of aliphatic hydroxyl groups is 1. The van der Waals surface area contributed by atoms with Gasteiger partial charge in [0.15, 0.2) is 7.14 Å². The van der Waals surface area contributed by atoms with Crippen LogP contribution in [0.2, 0.25) is 0 Å². The van der Waals surface area contributed by atoms with Crippen molar-refractivity contribution in [1.82, 2.24) is 0 Å². The number of rotatable bonds is 6. The lowest BCUT2D eigenvalue weighted by molar-refractivity contribution is 0.176. The summed E-state index contributed by atoms with van der Waals surface area (Å²) in [6.45, 7) is 3.82. The van der Waals surface area contributed by atoms with E-state index in [1.165, 1.54) is 0 Å². The molecule has 0 spiro atoms. The predicted octanol–water partition coefficient (Wildman–Crippen LogP) is 3.72. The molecule has 0 heterocycles. The third kappa shape index (κ3) is 3.24. The number of hydrogen-bond donors (Lipinski definition) is 1. The SMILES string of the molecule is C/C=C/[C@H]([C@@H](O)CC)P(=O)(c1ccccc1)c1ccccc1. The van der Waals surface area contributed by atoms with Gasteiger partial charge in [-0.15, -0.1) is 0 Å². The molecule has 0 aliphatic rings. The van der Waals surface area contributed by atoms with Crippen LogP contribution in [-0.4, -0.2) is 16.9 Å². The van der Waals surface area contributed by atoms with E-state index in [0.29, 0.717) is 6.42 Å². The van der Waals surface area contributed by atoms with Crippen molar-refractivity contribution >= 4 is 17.8 Å². The lowest BCUT2D eigenvalue weighted by Crippen LogP contribution is -2.33. The van der Waals surface area contributed by atoms with Crippen molar-refractivity contribution in [2.75, 3.05) is 0 Å². The van der Waals surface area contributed by atoms with Crippen molar-refractivity contribution in [3.05, 3.63) is 72.8 Å². The minimum absolute atomic E-state index is 0.410. The van der Waals surface area contributed by atoms with Crippen LogP contribution in [0.5, 0.6) is 0 Å². The van der Waals surface area contributed by atoms with E-state index in [2.05, 4.69) is 0 Å². The minimum atomic E-state index is -2.96. The van der Waals surface area contributed by atoms with Crippen molar-refractivity contribution in [1.29, 1.82) is 0 Å². The Bertz CT molecular complexity index is 606. The molecule has 0 fully saturated rings. The minimum Gasteiger partial charge on any atom is -0.392 e. The summed E-state index contributed by atoms with van der Waals surface area (Å²) in [5, 5.41) is 12.1. The van der Waals surface area contributed by atoms with Gasteiger partial charge >= 0.3 is 0 Å². The van der Waals surface area contributed by atoms with Gasteiger partial charge < -0.3 is 9.67 Å². The van der Waals surface area contributed by atoms with Gasteiger partial charge in [0.1, 0.15) is 0 Å². The van der Waals surface area contributed by atoms with Crippen LogP contribution in [0.1, 0.15) is 20.3 Å². The van der Waals surface area contributed by atoms with E-state index in [4.69, 9.17) is 0 Å². The molecule has 2 aromatic carbocycles. The maximum atomic E-state index is 14.1. The van der Waals surface area contributed by atoms with Gasteiger partial charge in [0, 0.05) is 10.6 Å². The summed E-state index contributed by atoms with van der Waals surface area (Å²) in [5.74, 6) is 0. The number of hydrogen-bond acceptors (Lipinski definition) is 2. The maximum absolute atomic E-state index is 14.1. The first-order valence-electron chi connectivity index (χ1n) is 7.66. The third-order valence-electron chi connectivity index (χ3n) is 3.90. The normalized spacial score (nSPS) is 14.9. The Labute approximate surface area is 132 Å². The molecule has 2 nitrogen and oxygen atoms in total. The van der Waals surface area contributed by atoms with Gasteiger partial charge in [0.25, 0.3) is 0 Å². The van der Waals surface area contributed by atoms with Gasteiger partial charge in [-0.05, 0) is 13.3 Å². The second-order valence-corrected chi connectivity index (χ2v) is 8.27. The van der Waals surface area contributed by atoms with Crippen LogP contribution < -0.4 is 10.6 Å². The molecule has 2 aromatic rings. The van der Waals surface area contributed by atoms with E-state index < -0.39 is 18.9 Å². The summed E-state index contributed by atoms with van der Waals surface area (Å²) in [6, 6.07) is 19.0. The Morgan fingerprint density at radius 2 is 1.45 bits per heavy atom. The molecule has 0 unspecified atom stereocenters. The molecule has 0 aromatic heterocycles. The molecular formula is C19H23O2P. The summed E-state index contributed by atoms with van der Waals surface area (Å²) in [4.78, 5) is 0. The van der Waals surface area contributed by atoms with Crippen molar-refractivity contribution in [2.24, 2.45) is 0 Å². The molecule has 0 saturated carbocycles. The molecule has 0 bridgehead atoms. The zero-order chi connectivity index (χ0) is 16.0. The van der Waals surface area contributed by atoms with Crippen LogP contribution in [0.25, 0.3) is 0 Å². The first kappa shape index (κ1) is 16.7. The Morgan fingerprint density at radius 1 is 1.00 bits per heavy atom. The molecular weight excluding hydrogens is 291 g/mol. The van der Waals surface area contributed by atoms with Gasteiger partial charge in [0.05, 0.1) is 11.8 Å². The van der Waals surface area contributed by atoms with E-state index in [1.54, 1.807) is 0 Å². The molecule has 116 valence electrons. The summed E-state index contributed by atoms with van der Waals surface area (Å²) in [7, 11) is -2.96. The predicted molar refractivity (Wildman–Crippen MR) is 94.7 cm³/mol. The first-order chi connectivity index (χ1) is 10.6. The molecule has 2 rings (SSSR count). The van der Waals surface area contributed by atoms with Gasteiger partial charge in [-0.1, -0.05) is 79.7 Å². The van der Waals surface area contributed by atoms with Crippen LogP contribution in [0.15, 0.2) is 72.8 Å². The van der Waals surface area contributed by atoms with Crippen molar-refractivity contribution < 1.29 is 9.67 Å². The highest BCUT2D eigenvalue weighted by molar-refractivity contribution is 7.79. The second-order valence-electron chi connectivity index (χ2n) is 5.32. The fourth-order valence-electron chi connectivity index (χ4n) is 2.72. The molecule has 0 saturated heterocycles. The van der Waals surface area contributed by atoms with E-state index in [1.807, 2.05) is 86.7 Å². The van der Waals surface area contributed by atoms with Crippen LogP contribution in [-0.2, 0) is 4.57 Å². The Balaban J connectivity index is 2.67. The number of aliphatic hydroxyl groups excluding tert-OH is 1. The van der Waals surface area contributed by atoms with Crippen molar-refractivity contribution in [3.8, 4) is 0 Å². The smallest absolute Gasteiger partial charge is 0.152 e. The fourth-order valence-corrected chi connectivity index (χ4v) is 6.05. The summed E-state index contributed by atoms with van der Waals surface area (Å²) in [5.41, 5.74) is -0.410. The topological polar surface area (TPSA) is 37.3 Å². The lowest BCUT2D eigenvalue weighted by Gasteiger charge is -2.29. The molecule has 0 aliphatic carbocycles.